The standard InChI is InChI=1S/C15H22N2O3S/c18-11-13(19)14(20)16-15(6-8-17(21)9-7-15)10-12-4-2-1-3-5-12/h1-5,13,18-19,21H,6-11H2,(H,16,20). The largest absolute Gasteiger partial charge is 0.393 e. The van der Waals surface area contributed by atoms with Crippen molar-refractivity contribution >= 4 is 18.7 Å². The van der Waals surface area contributed by atoms with Crippen LogP contribution in [0.15, 0.2) is 30.3 Å². The van der Waals surface area contributed by atoms with Gasteiger partial charge in [-0.15, -0.1) is 0 Å². The molecule has 116 valence electrons. The molecule has 0 spiro atoms. The summed E-state index contributed by atoms with van der Waals surface area (Å²) in [5, 5.41) is 21.4. The summed E-state index contributed by atoms with van der Waals surface area (Å²) in [6.45, 7) is 0.975. The van der Waals surface area contributed by atoms with E-state index in [-0.39, 0.29) is 0 Å². The van der Waals surface area contributed by atoms with Gasteiger partial charge >= 0.3 is 0 Å². The number of carbonyl (C=O) groups is 1. The number of nitrogens with one attached hydrogen (secondary N) is 1. The van der Waals surface area contributed by atoms with Crippen molar-refractivity contribution in [3.63, 3.8) is 0 Å². The summed E-state index contributed by atoms with van der Waals surface area (Å²) in [6.07, 6.45) is 0.857. The van der Waals surface area contributed by atoms with Crippen LogP contribution in [0.3, 0.4) is 0 Å². The zero-order valence-electron chi connectivity index (χ0n) is 11.9. The Balaban J connectivity index is 2.13. The molecule has 1 aliphatic heterocycles. The molecule has 1 amide bonds. The van der Waals surface area contributed by atoms with Gasteiger partial charge < -0.3 is 15.5 Å². The highest BCUT2D eigenvalue weighted by Crippen LogP contribution is 2.27. The Bertz CT molecular complexity index is 461. The maximum Gasteiger partial charge on any atom is 0.251 e. The van der Waals surface area contributed by atoms with E-state index in [1.54, 1.807) is 0 Å². The molecule has 1 aliphatic rings. The van der Waals surface area contributed by atoms with Gasteiger partial charge in [0.2, 0.25) is 0 Å². The lowest BCUT2D eigenvalue weighted by molar-refractivity contribution is -0.133. The summed E-state index contributed by atoms with van der Waals surface area (Å²) in [6, 6.07) is 9.97. The van der Waals surface area contributed by atoms with Crippen molar-refractivity contribution < 1.29 is 15.0 Å². The van der Waals surface area contributed by atoms with Crippen molar-refractivity contribution in [2.24, 2.45) is 0 Å². The van der Waals surface area contributed by atoms with Crippen LogP contribution in [0.25, 0.3) is 0 Å². The van der Waals surface area contributed by atoms with E-state index < -0.39 is 24.2 Å². The first-order valence-corrected chi connectivity index (χ1v) is 7.53. The van der Waals surface area contributed by atoms with Crippen molar-refractivity contribution in [2.75, 3.05) is 19.7 Å². The van der Waals surface area contributed by atoms with E-state index in [9.17, 15) is 9.90 Å². The predicted molar refractivity (Wildman–Crippen MR) is 83.9 cm³/mol. The minimum absolute atomic E-state index is 0.395. The van der Waals surface area contributed by atoms with Crippen LogP contribution in [0.2, 0.25) is 0 Å². The van der Waals surface area contributed by atoms with Gasteiger partial charge in [0.05, 0.1) is 6.61 Å². The highest BCUT2D eigenvalue weighted by Gasteiger charge is 2.36. The molecule has 1 atom stereocenters. The third kappa shape index (κ3) is 4.44. The number of hydrogen-bond acceptors (Lipinski definition) is 5. The van der Waals surface area contributed by atoms with Crippen LogP contribution in [0.4, 0.5) is 0 Å². The molecule has 1 saturated heterocycles. The van der Waals surface area contributed by atoms with Gasteiger partial charge in [0, 0.05) is 18.6 Å². The number of benzene rings is 1. The Morgan fingerprint density at radius 3 is 2.52 bits per heavy atom. The second-order valence-electron chi connectivity index (χ2n) is 5.58. The molecule has 6 heteroatoms. The average Bonchev–Trinajstić information content (AvgIpc) is 2.50. The molecule has 1 heterocycles. The third-order valence-corrected chi connectivity index (χ3v) is 4.35. The van der Waals surface area contributed by atoms with E-state index in [4.69, 9.17) is 5.11 Å². The van der Waals surface area contributed by atoms with Crippen LogP contribution >= 0.6 is 12.8 Å². The lowest BCUT2D eigenvalue weighted by atomic mass is 9.82. The molecule has 0 aromatic heterocycles. The molecule has 0 bridgehead atoms. The van der Waals surface area contributed by atoms with Crippen LogP contribution in [-0.4, -0.2) is 51.8 Å². The first-order chi connectivity index (χ1) is 10.0. The van der Waals surface area contributed by atoms with Gasteiger partial charge in [0.25, 0.3) is 5.91 Å². The molecule has 5 nitrogen and oxygen atoms in total. The van der Waals surface area contributed by atoms with Gasteiger partial charge in [-0.1, -0.05) is 43.1 Å². The summed E-state index contributed by atoms with van der Waals surface area (Å²) < 4.78 is 1.93. The van der Waals surface area contributed by atoms with Gasteiger partial charge in [-0.05, 0) is 24.8 Å². The number of piperidine rings is 1. The van der Waals surface area contributed by atoms with Crippen LogP contribution in [0, 0.1) is 0 Å². The van der Waals surface area contributed by atoms with Crippen LogP contribution < -0.4 is 5.32 Å². The molecule has 0 saturated carbocycles. The SMILES string of the molecule is O=C(NC1(Cc2ccccc2)CCN(S)CC1)C(O)CO. The number of thiol groups is 1. The monoisotopic (exact) mass is 310 g/mol. The Morgan fingerprint density at radius 2 is 1.95 bits per heavy atom. The highest BCUT2D eigenvalue weighted by atomic mass is 32.1. The topological polar surface area (TPSA) is 72.8 Å². The maximum atomic E-state index is 12.0. The van der Waals surface area contributed by atoms with E-state index >= 15 is 0 Å². The fourth-order valence-corrected chi connectivity index (χ4v) is 2.88. The van der Waals surface area contributed by atoms with E-state index in [1.807, 2.05) is 34.6 Å². The van der Waals surface area contributed by atoms with Crippen molar-refractivity contribution in [2.45, 2.75) is 30.9 Å². The highest BCUT2D eigenvalue weighted by molar-refractivity contribution is 7.77. The molecule has 0 radical (unpaired) electrons. The van der Waals surface area contributed by atoms with Crippen LogP contribution in [0.5, 0.6) is 0 Å². The number of aliphatic hydroxyl groups is 2. The predicted octanol–water partition coefficient (Wildman–Crippen LogP) is 0.378. The summed E-state index contributed by atoms with van der Waals surface area (Å²) in [4.78, 5) is 12.0. The summed E-state index contributed by atoms with van der Waals surface area (Å²) >= 11 is 4.35. The molecule has 1 aromatic carbocycles. The fraction of sp³-hybridized carbons (Fsp3) is 0.533. The summed E-state index contributed by atoms with van der Waals surface area (Å²) in [5.74, 6) is -0.513. The molecule has 1 fully saturated rings. The van der Waals surface area contributed by atoms with E-state index in [0.29, 0.717) is 6.42 Å². The van der Waals surface area contributed by atoms with Gasteiger partial charge in [0.15, 0.2) is 6.10 Å². The Labute approximate surface area is 130 Å². The minimum Gasteiger partial charge on any atom is -0.393 e. The average molecular weight is 310 g/mol. The lowest BCUT2D eigenvalue weighted by Crippen LogP contribution is -2.57. The molecule has 1 unspecified atom stereocenters. The van der Waals surface area contributed by atoms with E-state index in [0.717, 1.165) is 31.5 Å². The number of carbonyl (C=O) groups excluding carboxylic acids is 1. The number of hydrogen-bond donors (Lipinski definition) is 4. The van der Waals surface area contributed by atoms with Crippen LogP contribution in [-0.2, 0) is 11.2 Å². The Hall–Kier alpha value is -1.08. The first-order valence-electron chi connectivity index (χ1n) is 7.13. The molecule has 21 heavy (non-hydrogen) atoms. The fourth-order valence-electron chi connectivity index (χ4n) is 2.68. The second kappa shape index (κ2) is 7.26. The molecule has 3 N–H and O–H groups in total. The van der Waals surface area contributed by atoms with Crippen molar-refractivity contribution in [1.82, 2.24) is 9.62 Å². The van der Waals surface area contributed by atoms with Crippen LogP contribution in [0.1, 0.15) is 18.4 Å². The smallest absolute Gasteiger partial charge is 0.251 e. The summed E-state index contributed by atoms with van der Waals surface area (Å²) in [7, 11) is 0. The zero-order valence-corrected chi connectivity index (χ0v) is 12.8. The van der Waals surface area contributed by atoms with Crippen molar-refractivity contribution in [3.05, 3.63) is 35.9 Å². The van der Waals surface area contributed by atoms with E-state index in [2.05, 4.69) is 18.1 Å². The molecule has 1 aromatic rings. The van der Waals surface area contributed by atoms with Gasteiger partial charge in [0.1, 0.15) is 0 Å². The van der Waals surface area contributed by atoms with Crippen molar-refractivity contribution in [3.8, 4) is 0 Å². The second-order valence-corrected chi connectivity index (χ2v) is 6.15. The maximum absolute atomic E-state index is 12.0. The Kier molecular flexibility index (Phi) is 5.64. The van der Waals surface area contributed by atoms with Gasteiger partial charge in [-0.3, -0.25) is 9.10 Å². The minimum atomic E-state index is -1.37. The normalized spacial score (nSPS) is 20.0. The summed E-state index contributed by atoms with van der Waals surface area (Å²) in [5.41, 5.74) is 0.747. The lowest BCUT2D eigenvalue weighted by Gasteiger charge is -2.41. The third-order valence-electron chi connectivity index (χ3n) is 3.95. The Morgan fingerprint density at radius 1 is 1.33 bits per heavy atom. The molecular formula is C15H22N2O3S. The van der Waals surface area contributed by atoms with Gasteiger partial charge in [-0.2, -0.15) is 0 Å². The number of rotatable bonds is 5. The number of nitrogens with zero attached hydrogens (tertiary/aromatic N) is 1. The van der Waals surface area contributed by atoms with Crippen molar-refractivity contribution in [1.29, 1.82) is 0 Å². The quantitative estimate of drug-likeness (QED) is 0.593. The molecule has 0 aliphatic carbocycles. The number of aliphatic hydroxyl groups excluding tert-OH is 2. The molecule has 2 rings (SSSR count). The van der Waals surface area contributed by atoms with Gasteiger partial charge in [-0.25, -0.2) is 0 Å². The first kappa shape index (κ1) is 16.3. The van der Waals surface area contributed by atoms with E-state index in [1.165, 1.54) is 0 Å². The molecular weight excluding hydrogens is 288 g/mol. The number of amides is 1. The zero-order chi connectivity index (χ0) is 15.3.